The first-order chi connectivity index (χ1) is 12.5. The van der Waals surface area contributed by atoms with Crippen LogP contribution in [-0.2, 0) is 4.79 Å². The van der Waals surface area contributed by atoms with Crippen LogP contribution in [0.15, 0.2) is 4.99 Å². The standard InChI is InChI=1S/C19H39N5O2.HI/c1-5-7-17(8-13-25)14-21-19(20-6-2)24-11-9-23(10-12-24)15-18(26)22-16(3)4;/h16-17,25H,5-15H2,1-4H3,(H,20,21)(H,22,26);1H. The summed E-state index contributed by atoms with van der Waals surface area (Å²) in [5.74, 6) is 1.50. The molecule has 1 aliphatic heterocycles. The zero-order valence-corrected chi connectivity index (χ0v) is 19.9. The molecule has 1 atom stereocenters. The molecule has 7 nitrogen and oxygen atoms in total. The van der Waals surface area contributed by atoms with Crippen LogP contribution in [0.2, 0.25) is 0 Å². The number of aliphatic imine (C=N–C) groups is 1. The Bertz CT molecular complexity index is 420. The maximum absolute atomic E-state index is 11.9. The van der Waals surface area contributed by atoms with E-state index < -0.39 is 0 Å². The third kappa shape index (κ3) is 11.1. The van der Waals surface area contributed by atoms with Gasteiger partial charge in [-0.05, 0) is 39.5 Å². The van der Waals surface area contributed by atoms with Crippen molar-refractivity contribution in [2.45, 2.75) is 53.0 Å². The van der Waals surface area contributed by atoms with Crippen molar-refractivity contribution in [1.29, 1.82) is 0 Å². The number of hydrogen-bond acceptors (Lipinski definition) is 4. The minimum Gasteiger partial charge on any atom is -0.396 e. The largest absolute Gasteiger partial charge is 0.396 e. The Morgan fingerprint density at radius 3 is 2.33 bits per heavy atom. The second kappa shape index (κ2) is 15.3. The van der Waals surface area contributed by atoms with Crippen LogP contribution in [0.1, 0.15) is 47.0 Å². The summed E-state index contributed by atoms with van der Waals surface area (Å²) in [6.45, 7) is 14.0. The van der Waals surface area contributed by atoms with Crippen LogP contribution in [0.3, 0.4) is 0 Å². The van der Waals surface area contributed by atoms with E-state index in [0.717, 1.165) is 64.5 Å². The molecule has 0 aromatic rings. The summed E-state index contributed by atoms with van der Waals surface area (Å²) < 4.78 is 0. The van der Waals surface area contributed by atoms with Crippen LogP contribution in [0.25, 0.3) is 0 Å². The summed E-state index contributed by atoms with van der Waals surface area (Å²) in [4.78, 5) is 21.2. The normalized spacial score (nSPS) is 16.8. The summed E-state index contributed by atoms with van der Waals surface area (Å²) in [6.07, 6.45) is 3.03. The molecule has 160 valence electrons. The highest BCUT2D eigenvalue weighted by Crippen LogP contribution is 2.12. The smallest absolute Gasteiger partial charge is 0.234 e. The van der Waals surface area contributed by atoms with Crippen LogP contribution in [-0.4, -0.2) is 85.2 Å². The number of nitrogens with zero attached hydrogens (tertiary/aromatic N) is 3. The molecule has 1 amide bonds. The summed E-state index contributed by atoms with van der Waals surface area (Å²) >= 11 is 0. The quantitative estimate of drug-likeness (QED) is 0.242. The second-order valence-corrected chi connectivity index (χ2v) is 7.35. The number of carbonyl (C=O) groups is 1. The molecule has 1 heterocycles. The highest BCUT2D eigenvalue weighted by molar-refractivity contribution is 14.0. The Hall–Kier alpha value is -0.610. The zero-order chi connectivity index (χ0) is 19.4. The van der Waals surface area contributed by atoms with Crippen LogP contribution >= 0.6 is 24.0 Å². The molecule has 0 spiro atoms. The molecule has 3 N–H and O–H groups in total. The lowest BCUT2D eigenvalue weighted by Crippen LogP contribution is -2.54. The molecule has 1 rings (SSSR count). The van der Waals surface area contributed by atoms with Crippen LogP contribution in [0, 0.1) is 5.92 Å². The number of amides is 1. The first-order valence-corrected chi connectivity index (χ1v) is 10.2. The Kier molecular flexibility index (Phi) is 15.0. The van der Waals surface area contributed by atoms with Gasteiger partial charge in [-0.3, -0.25) is 14.7 Å². The minimum atomic E-state index is 0. The molecule has 27 heavy (non-hydrogen) atoms. The predicted octanol–water partition coefficient (Wildman–Crippen LogP) is 1.51. The maximum atomic E-state index is 11.9. The Morgan fingerprint density at radius 2 is 1.81 bits per heavy atom. The highest BCUT2D eigenvalue weighted by atomic mass is 127. The monoisotopic (exact) mass is 497 g/mol. The summed E-state index contributed by atoms with van der Waals surface area (Å²) in [5.41, 5.74) is 0. The van der Waals surface area contributed by atoms with Crippen LogP contribution in [0.5, 0.6) is 0 Å². The van der Waals surface area contributed by atoms with E-state index in [0.29, 0.717) is 12.5 Å². The number of rotatable bonds is 10. The minimum absolute atomic E-state index is 0. The fourth-order valence-electron chi connectivity index (χ4n) is 3.25. The molecule has 1 fully saturated rings. The van der Waals surface area contributed by atoms with Gasteiger partial charge in [0.15, 0.2) is 5.96 Å². The Labute approximate surface area is 182 Å². The molecular formula is C19H40IN5O2. The SMILES string of the molecule is CCCC(CCO)CN=C(NCC)N1CCN(CC(=O)NC(C)C)CC1.I. The first-order valence-electron chi connectivity index (χ1n) is 10.2. The van der Waals surface area contributed by atoms with Crippen molar-refractivity contribution in [1.82, 2.24) is 20.4 Å². The third-order valence-electron chi connectivity index (χ3n) is 4.56. The van der Waals surface area contributed by atoms with Gasteiger partial charge < -0.3 is 20.6 Å². The highest BCUT2D eigenvalue weighted by Gasteiger charge is 2.21. The molecule has 1 saturated heterocycles. The van der Waals surface area contributed by atoms with Gasteiger partial charge in [0.05, 0.1) is 6.54 Å². The van der Waals surface area contributed by atoms with Gasteiger partial charge in [0.2, 0.25) is 5.91 Å². The van der Waals surface area contributed by atoms with Crippen molar-refractivity contribution in [3.63, 3.8) is 0 Å². The van der Waals surface area contributed by atoms with Crippen molar-refractivity contribution < 1.29 is 9.90 Å². The molecular weight excluding hydrogens is 457 g/mol. The topological polar surface area (TPSA) is 80.2 Å². The van der Waals surface area contributed by atoms with Crippen molar-refractivity contribution in [2.24, 2.45) is 10.9 Å². The third-order valence-corrected chi connectivity index (χ3v) is 4.56. The van der Waals surface area contributed by atoms with Gasteiger partial charge >= 0.3 is 0 Å². The fraction of sp³-hybridized carbons (Fsp3) is 0.895. The summed E-state index contributed by atoms with van der Waals surface area (Å²) in [7, 11) is 0. The van der Waals surface area contributed by atoms with Crippen molar-refractivity contribution in [3.8, 4) is 0 Å². The van der Waals surface area contributed by atoms with Crippen molar-refractivity contribution >= 4 is 35.8 Å². The molecule has 0 radical (unpaired) electrons. The van der Waals surface area contributed by atoms with Gasteiger partial charge in [-0.25, -0.2) is 0 Å². The molecule has 0 saturated carbocycles. The lowest BCUT2D eigenvalue weighted by Gasteiger charge is -2.36. The maximum Gasteiger partial charge on any atom is 0.234 e. The molecule has 0 aliphatic carbocycles. The second-order valence-electron chi connectivity index (χ2n) is 7.35. The average molecular weight is 497 g/mol. The number of nitrogens with one attached hydrogen (secondary N) is 2. The van der Waals surface area contributed by atoms with E-state index in [9.17, 15) is 9.90 Å². The Balaban J connectivity index is 0.00000676. The van der Waals surface area contributed by atoms with E-state index in [1.807, 2.05) is 13.8 Å². The van der Waals surface area contributed by atoms with E-state index >= 15 is 0 Å². The molecule has 0 aromatic carbocycles. The fourth-order valence-corrected chi connectivity index (χ4v) is 3.25. The summed E-state index contributed by atoms with van der Waals surface area (Å²) in [5, 5.41) is 15.6. The summed E-state index contributed by atoms with van der Waals surface area (Å²) in [6, 6.07) is 0.186. The lowest BCUT2D eigenvalue weighted by atomic mass is 10.0. The van der Waals surface area contributed by atoms with Crippen LogP contribution < -0.4 is 10.6 Å². The first kappa shape index (κ1) is 26.4. The van der Waals surface area contributed by atoms with Gasteiger partial charge in [-0.15, -0.1) is 24.0 Å². The number of guanidine groups is 1. The van der Waals surface area contributed by atoms with E-state index in [2.05, 4.69) is 34.3 Å². The van der Waals surface area contributed by atoms with Gasteiger partial charge in [0.1, 0.15) is 0 Å². The number of carbonyl (C=O) groups excluding carboxylic acids is 1. The molecule has 1 aliphatic rings. The molecule has 0 aromatic heterocycles. The predicted molar refractivity (Wildman–Crippen MR) is 123 cm³/mol. The zero-order valence-electron chi connectivity index (χ0n) is 17.5. The lowest BCUT2D eigenvalue weighted by molar-refractivity contribution is -0.123. The number of piperazine rings is 1. The van der Waals surface area contributed by atoms with Crippen molar-refractivity contribution in [2.75, 3.05) is 52.4 Å². The average Bonchev–Trinajstić information content (AvgIpc) is 2.59. The molecule has 8 heteroatoms. The van der Waals surface area contributed by atoms with E-state index in [1.54, 1.807) is 0 Å². The Morgan fingerprint density at radius 1 is 1.15 bits per heavy atom. The number of aliphatic hydroxyl groups is 1. The van der Waals surface area contributed by atoms with E-state index in [4.69, 9.17) is 4.99 Å². The number of halogens is 1. The molecule has 0 bridgehead atoms. The van der Waals surface area contributed by atoms with Crippen molar-refractivity contribution in [3.05, 3.63) is 0 Å². The number of aliphatic hydroxyl groups excluding tert-OH is 1. The van der Waals surface area contributed by atoms with Gasteiger partial charge in [0, 0.05) is 51.9 Å². The van der Waals surface area contributed by atoms with E-state index in [1.165, 1.54) is 0 Å². The number of hydrogen-bond donors (Lipinski definition) is 3. The van der Waals surface area contributed by atoms with Gasteiger partial charge in [-0.1, -0.05) is 13.3 Å². The van der Waals surface area contributed by atoms with Gasteiger partial charge in [0.25, 0.3) is 0 Å². The van der Waals surface area contributed by atoms with Crippen LogP contribution in [0.4, 0.5) is 0 Å². The van der Waals surface area contributed by atoms with Gasteiger partial charge in [-0.2, -0.15) is 0 Å². The molecule has 1 unspecified atom stereocenters. The van der Waals surface area contributed by atoms with E-state index in [-0.39, 0.29) is 42.5 Å².